The molecular weight excluding hydrogens is 205 g/mol. The second-order valence-corrected chi connectivity index (χ2v) is 3.03. The number of hydrogen-bond donors (Lipinski definition) is 0. The summed E-state index contributed by atoms with van der Waals surface area (Å²) < 4.78 is 40.1. The molecule has 1 nitrogen and oxygen atoms in total. The van der Waals surface area contributed by atoms with Gasteiger partial charge in [0.1, 0.15) is 5.75 Å². The Hall–Kier alpha value is -1.71. The standard InChI is InChI=1S/C11H7F3O/c12-11(13,14)15-10-7-3-5-8-4-1-2-6-9(8)10/h1-7H. The maximum absolute atomic E-state index is 12.0. The molecule has 0 aromatic heterocycles. The number of ether oxygens (including phenoxy) is 1. The van der Waals surface area contributed by atoms with Crippen molar-refractivity contribution in [3.05, 3.63) is 42.5 Å². The number of halogens is 3. The zero-order valence-electron chi connectivity index (χ0n) is 7.58. The SMILES string of the molecule is FC(F)(F)Oc1cccc2ccccc12. The second kappa shape index (κ2) is 3.46. The molecular formula is C11H7F3O. The molecule has 0 unspecified atom stereocenters. The van der Waals surface area contributed by atoms with Crippen LogP contribution in [0.5, 0.6) is 5.75 Å². The molecule has 2 aromatic carbocycles. The molecule has 0 heterocycles. The summed E-state index contributed by atoms with van der Waals surface area (Å²) in [5.74, 6) is -0.166. The summed E-state index contributed by atoms with van der Waals surface area (Å²) in [6.07, 6.45) is -4.65. The molecule has 0 radical (unpaired) electrons. The molecule has 0 aliphatic heterocycles. The molecule has 0 N–H and O–H groups in total. The third-order valence-electron chi connectivity index (χ3n) is 1.98. The zero-order chi connectivity index (χ0) is 10.9. The summed E-state index contributed by atoms with van der Waals surface area (Å²) in [7, 11) is 0. The summed E-state index contributed by atoms with van der Waals surface area (Å²) in [5.41, 5.74) is 0. The summed E-state index contributed by atoms with van der Waals surface area (Å²) >= 11 is 0. The Balaban J connectivity index is 2.52. The fourth-order valence-electron chi connectivity index (χ4n) is 1.41. The predicted octanol–water partition coefficient (Wildman–Crippen LogP) is 3.74. The van der Waals surface area contributed by atoms with Crippen molar-refractivity contribution >= 4 is 10.8 Å². The maximum Gasteiger partial charge on any atom is 0.573 e. The Bertz CT molecular complexity index is 471. The smallest absolute Gasteiger partial charge is 0.405 e. The highest BCUT2D eigenvalue weighted by molar-refractivity contribution is 5.88. The molecule has 2 rings (SSSR count). The second-order valence-electron chi connectivity index (χ2n) is 3.03. The van der Waals surface area contributed by atoms with E-state index in [1.54, 1.807) is 30.3 Å². The van der Waals surface area contributed by atoms with Gasteiger partial charge in [-0.3, -0.25) is 0 Å². The van der Waals surface area contributed by atoms with Gasteiger partial charge in [0.15, 0.2) is 0 Å². The average molecular weight is 212 g/mol. The van der Waals surface area contributed by atoms with Crippen LogP contribution < -0.4 is 4.74 Å². The highest BCUT2D eigenvalue weighted by atomic mass is 19.4. The van der Waals surface area contributed by atoms with Gasteiger partial charge in [-0.1, -0.05) is 36.4 Å². The topological polar surface area (TPSA) is 9.23 Å². The molecule has 0 amide bonds. The van der Waals surface area contributed by atoms with Crippen LogP contribution in [0.15, 0.2) is 42.5 Å². The minimum Gasteiger partial charge on any atom is -0.405 e. The van der Waals surface area contributed by atoms with Crippen LogP contribution in [0.1, 0.15) is 0 Å². The van der Waals surface area contributed by atoms with E-state index < -0.39 is 6.36 Å². The van der Waals surface area contributed by atoms with Gasteiger partial charge in [-0.05, 0) is 11.5 Å². The number of hydrogen-bond acceptors (Lipinski definition) is 1. The van der Waals surface area contributed by atoms with Crippen molar-refractivity contribution in [3.63, 3.8) is 0 Å². The molecule has 2 aromatic rings. The van der Waals surface area contributed by atoms with Crippen molar-refractivity contribution in [2.75, 3.05) is 0 Å². The molecule has 15 heavy (non-hydrogen) atoms. The lowest BCUT2D eigenvalue weighted by Gasteiger charge is -2.10. The quantitative estimate of drug-likeness (QED) is 0.699. The number of alkyl halides is 3. The maximum atomic E-state index is 12.0. The molecule has 0 aliphatic carbocycles. The molecule has 0 bridgehead atoms. The van der Waals surface area contributed by atoms with Crippen LogP contribution in [-0.2, 0) is 0 Å². The minimum atomic E-state index is -4.65. The van der Waals surface area contributed by atoms with E-state index in [1.807, 2.05) is 0 Å². The van der Waals surface area contributed by atoms with E-state index in [4.69, 9.17) is 0 Å². The molecule has 0 fully saturated rings. The van der Waals surface area contributed by atoms with Gasteiger partial charge in [0.25, 0.3) is 0 Å². The Morgan fingerprint density at radius 2 is 1.53 bits per heavy atom. The van der Waals surface area contributed by atoms with Crippen molar-refractivity contribution in [3.8, 4) is 5.75 Å². The van der Waals surface area contributed by atoms with Crippen LogP contribution in [0, 0.1) is 0 Å². The molecule has 0 saturated carbocycles. The van der Waals surface area contributed by atoms with Gasteiger partial charge in [0.05, 0.1) is 0 Å². The van der Waals surface area contributed by atoms with Crippen LogP contribution in [0.4, 0.5) is 13.2 Å². The number of benzene rings is 2. The van der Waals surface area contributed by atoms with E-state index in [9.17, 15) is 13.2 Å². The van der Waals surface area contributed by atoms with Crippen LogP contribution >= 0.6 is 0 Å². The van der Waals surface area contributed by atoms with Gasteiger partial charge in [-0.2, -0.15) is 0 Å². The monoisotopic (exact) mass is 212 g/mol. The summed E-state index contributed by atoms with van der Waals surface area (Å²) in [6, 6.07) is 11.3. The lowest BCUT2D eigenvalue weighted by atomic mass is 10.1. The predicted molar refractivity (Wildman–Crippen MR) is 50.6 cm³/mol. The fourth-order valence-corrected chi connectivity index (χ4v) is 1.41. The lowest BCUT2D eigenvalue weighted by molar-refractivity contribution is -0.274. The third-order valence-corrected chi connectivity index (χ3v) is 1.98. The van der Waals surface area contributed by atoms with E-state index in [2.05, 4.69) is 4.74 Å². The number of rotatable bonds is 1. The van der Waals surface area contributed by atoms with Crippen molar-refractivity contribution in [2.24, 2.45) is 0 Å². The highest BCUT2D eigenvalue weighted by Crippen LogP contribution is 2.29. The zero-order valence-corrected chi connectivity index (χ0v) is 7.58. The lowest BCUT2D eigenvalue weighted by Crippen LogP contribution is -2.17. The van der Waals surface area contributed by atoms with Gasteiger partial charge < -0.3 is 4.74 Å². The van der Waals surface area contributed by atoms with Gasteiger partial charge in [0.2, 0.25) is 0 Å². The van der Waals surface area contributed by atoms with E-state index in [0.29, 0.717) is 5.39 Å². The Morgan fingerprint density at radius 3 is 2.27 bits per heavy atom. The summed E-state index contributed by atoms with van der Waals surface area (Å²) in [6.45, 7) is 0. The first-order valence-electron chi connectivity index (χ1n) is 4.30. The van der Waals surface area contributed by atoms with Gasteiger partial charge in [-0.25, -0.2) is 0 Å². The van der Waals surface area contributed by atoms with Crippen LogP contribution in [-0.4, -0.2) is 6.36 Å². The van der Waals surface area contributed by atoms with Gasteiger partial charge in [-0.15, -0.1) is 13.2 Å². The summed E-state index contributed by atoms with van der Waals surface area (Å²) in [4.78, 5) is 0. The first kappa shape index (κ1) is 9.83. The highest BCUT2D eigenvalue weighted by Gasteiger charge is 2.31. The Labute approximate surface area is 84.1 Å². The first-order valence-corrected chi connectivity index (χ1v) is 4.30. The summed E-state index contributed by atoms with van der Waals surface area (Å²) in [5, 5.41) is 1.18. The molecule has 0 aliphatic rings. The van der Waals surface area contributed by atoms with E-state index in [0.717, 1.165) is 5.39 Å². The number of fused-ring (bicyclic) bond motifs is 1. The van der Waals surface area contributed by atoms with Crippen molar-refractivity contribution in [2.45, 2.75) is 6.36 Å². The van der Waals surface area contributed by atoms with Crippen molar-refractivity contribution in [1.82, 2.24) is 0 Å². The van der Waals surface area contributed by atoms with E-state index >= 15 is 0 Å². The largest absolute Gasteiger partial charge is 0.573 e. The van der Waals surface area contributed by atoms with Crippen LogP contribution in [0.2, 0.25) is 0 Å². The third kappa shape index (κ3) is 2.21. The van der Waals surface area contributed by atoms with Crippen LogP contribution in [0.3, 0.4) is 0 Å². The Morgan fingerprint density at radius 1 is 0.867 bits per heavy atom. The normalized spacial score (nSPS) is 11.7. The van der Waals surface area contributed by atoms with E-state index in [-0.39, 0.29) is 5.75 Å². The van der Waals surface area contributed by atoms with E-state index in [1.165, 1.54) is 12.1 Å². The fraction of sp³-hybridized carbons (Fsp3) is 0.0909. The van der Waals surface area contributed by atoms with Crippen molar-refractivity contribution < 1.29 is 17.9 Å². The van der Waals surface area contributed by atoms with Gasteiger partial charge >= 0.3 is 6.36 Å². The molecule has 0 saturated heterocycles. The minimum absolute atomic E-state index is 0.166. The first-order chi connectivity index (χ1) is 7.06. The molecule has 78 valence electrons. The van der Waals surface area contributed by atoms with Gasteiger partial charge in [0, 0.05) is 5.39 Å². The van der Waals surface area contributed by atoms with Crippen molar-refractivity contribution in [1.29, 1.82) is 0 Å². The average Bonchev–Trinajstić information content (AvgIpc) is 2.16. The molecule has 0 atom stereocenters. The molecule has 4 heteroatoms. The van der Waals surface area contributed by atoms with Crippen LogP contribution in [0.25, 0.3) is 10.8 Å². The molecule has 0 spiro atoms. The Kier molecular flexibility index (Phi) is 2.26.